The number of likely N-dealkylation sites (tertiary alicyclic amines) is 1. The molecule has 2 fully saturated rings. The van der Waals surface area contributed by atoms with E-state index in [-0.39, 0.29) is 49.0 Å². The minimum atomic E-state index is -0.971. The highest BCUT2D eigenvalue weighted by Gasteiger charge is 2.54. The molecule has 4 amide bonds. The Kier molecular flexibility index (Phi) is 10.6. The number of hydrogen-bond acceptors (Lipinski definition) is 10. The van der Waals surface area contributed by atoms with Crippen LogP contribution >= 0.6 is 11.6 Å². The molecule has 0 saturated carbocycles. The zero-order valence-corrected chi connectivity index (χ0v) is 29.6. The molecule has 280 valence electrons. The van der Waals surface area contributed by atoms with Crippen LogP contribution in [0, 0.1) is 11.6 Å². The van der Waals surface area contributed by atoms with Gasteiger partial charge in [-0.25, -0.2) is 18.4 Å². The van der Waals surface area contributed by atoms with Crippen molar-refractivity contribution in [2.75, 3.05) is 39.5 Å². The van der Waals surface area contributed by atoms with Crippen LogP contribution in [-0.2, 0) is 20.9 Å². The number of pyridine rings is 1. The number of ether oxygens (including phenoxy) is 3. The third kappa shape index (κ3) is 7.10. The number of fused-ring (bicyclic) bond motifs is 5. The van der Waals surface area contributed by atoms with Gasteiger partial charge in [-0.05, 0) is 45.6 Å². The molecule has 15 nitrogen and oxygen atoms in total. The Morgan fingerprint density at radius 3 is 2.69 bits per heavy atom. The SMILES string of the molecule is CC1=NO[C@@]2(CC[C@H](C)N3C[C@H]2n2cc(C(=O)NCc4ccc(F)cc4F)c(=O)c(OCOC(=O)N(C)C[C@@H]4CCCN4C(=O)OCCl)c2C3=O)C1. The Labute approximate surface area is 302 Å². The summed E-state index contributed by atoms with van der Waals surface area (Å²) < 4.78 is 45.4. The Morgan fingerprint density at radius 1 is 1.19 bits per heavy atom. The van der Waals surface area contributed by atoms with Crippen LogP contribution in [0.5, 0.6) is 5.75 Å². The lowest BCUT2D eigenvalue weighted by atomic mass is 9.84. The van der Waals surface area contributed by atoms with Crippen LogP contribution in [0.4, 0.5) is 18.4 Å². The summed E-state index contributed by atoms with van der Waals surface area (Å²) in [6.07, 6.45) is 2.67. The molecule has 18 heteroatoms. The second-order valence-corrected chi connectivity index (χ2v) is 13.7. The number of rotatable bonds is 9. The molecule has 1 spiro atoms. The molecule has 1 aromatic carbocycles. The van der Waals surface area contributed by atoms with Gasteiger partial charge in [-0.1, -0.05) is 22.8 Å². The van der Waals surface area contributed by atoms with E-state index in [4.69, 9.17) is 30.6 Å². The van der Waals surface area contributed by atoms with Gasteiger partial charge >= 0.3 is 12.2 Å². The van der Waals surface area contributed by atoms with Crippen LogP contribution in [0.15, 0.2) is 34.3 Å². The molecule has 4 atom stereocenters. The molecule has 1 N–H and O–H groups in total. The second kappa shape index (κ2) is 15.0. The lowest BCUT2D eigenvalue weighted by Crippen LogP contribution is -2.52. The van der Waals surface area contributed by atoms with Crippen molar-refractivity contribution in [3.8, 4) is 5.75 Å². The van der Waals surface area contributed by atoms with Gasteiger partial charge in [0.15, 0.2) is 17.4 Å². The normalized spacial score (nSPS) is 23.4. The van der Waals surface area contributed by atoms with Crippen molar-refractivity contribution < 1.29 is 47.0 Å². The number of carbonyl (C=O) groups excluding carboxylic acids is 4. The first-order valence-corrected chi connectivity index (χ1v) is 17.4. The van der Waals surface area contributed by atoms with Crippen molar-refractivity contribution >= 4 is 41.3 Å². The number of oxime groups is 1. The molecule has 0 radical (unpaired) electrons. The molecule has 1 aromatic heterocycles. The van der Waals surface area contributed by atoms with E-state index in [0.717, 1.165) is 11.8 Å². The summed E-state index contributed by atoms with van der Waals surface area (Å²) >= 11 is 5.54. The van der Waals surface area contributed by atoms with Gasteiger partial charge in [-0.15, -0.1) is 0 Å². The van der Waals surface area contributed by atoms with Gasteiger partial charge in [0.2, 0.25) is 18.0 Å². The molecule has 5 heterocycles. The molecule has 4 aliphatic heterocycles. The predicted molar refractivity (Wildman–Crippen MR) is 180 cm³/mol. The van der Waals surface area contributed by atoms with Crippen LogP contribution < -0.4 is 15.5 Å². The summed E-state index contributed by atoms with van der Waals surface area (Å²) in [5.41, 5.74) is -1.75. The average Bonchev–Trinajstić information content (AvgIpc) is 3.71. The standard InChI is InChI=1S/C34H39ClF2N6O9/c1-19-12-34(52-39-19)9-8-20(2)42-16-26(34)43-15-24(30(45)38-13-21-6-7-22(36)11-25(21)37)28(44)29(27(43)31(42)46)50-18-51-32(47)40(3)14-23-5-4-10-41(23)33(48)49-17-35/h6-7,11,15,20,23,26H,4-5,8-10,12-14,16-18H2,1-3H3,(H,38,45)/t20-,23-,26+,34-/m0/s1. The summed E-state index contributed by atoms with van der Waals surface area (Å²) in [5, 5.41) is 6.70. The monoisotopic (exact) mass is 748 g/mol. The smallest absolute Gasteiger partial charge is 0.412 e. The molecule has 52 heavy (non-hydrogen) atoms. The fourth-order valence-corrected chi connectivity index (χ4v) is 7.47. The molecule has 0 unspecified atom stereocenters. The van der Waals surface area contributed by atoms with Crippen LogP contribution in [0.2, 0.25) is 0 Å². The molecular formula is C34H39ClF2N6O9. The highest BCUT2D eigenvalue weighted by atomic mass is 35.5. The van der Waals surface area contributed by atoms with Crippen molar-refractivity contribution in [2.45, 2.75) is 76.2 Å². The van der Waals surface area contributed by atoms with Crippen molar-refractivity contribution in [3.05, 3.63) is 63.1 Å². The number of hydrogen-bond donors (Lipinski definition) is 1. The highest BCUT2D eigenvalue weighted by molar-refractivity contribution is 6.17. The first kappa shape index (κ1) is 36.8. The fourth-order valence-electron chi connectivity index (χ4n) is 7.38. The number of amides is 4. The Balaban J connectivity index is 1.29. The number of carbonyl (C=O) groups is 4. The number of aromatic nitrogens is 1. The van der Waals surface area contributed by atoms with Crippen LogP contribution in [-0.4, -0.2) is 106 Å². The molecular weight excluding hydrogens is 710 g/mol. The van der Waals surface area contributed by atoms with Crippen LogP contribution in [0.3, 0.4) is 0 Å². The second-order valence-electron chi connectivity index (χ2n) is 13.5. The average molecular weight is 749 g/mol. The van der Waals surface area contributed by atoms with E-state index in [1.807, 2.05) is 13.8 Å². The molecule has 2 aromatic rings. The predicted octanol–water partition coefficient (Wildman–Crippen LogP) is 3.97. The number of nitrogens with one attached hydrogen (secondary N) is 1. The number of alkyl halides is 1. The van der Waals surface area contributed by atoms with E-state index in [0.29, 0.717) is 44.7 Å². The molecule has 0 aliphatic carbocycles. The Morgan fingerprint density at radius 2 is 1.98 bits per heavy atom. The number of halogens is 3. The van der Waals surface area contributed by atoms with E-state index in [9.17, 15) is 32.8 Å². The van der Waals surface area contributed by atoms with Crippen LogP contribution in [0.25, 0.3) is 0 Å². The molecule has 2 saturated heterocycles. The quantitative estimate of drug-likeness (QED) is 0.296. The van der Waals surface area contributed by atoms with Crippen molar-refractivity contribution in [2.24, 2.45) is 5.16 Å². The summed E-state index contributed by atoms with van der Waals surface area (Å²) in [5.74, 6) is -3.65. The minimum absolute atomic E-state index is 0.0218. The zero-order chi connectivity index (χ0) is 37.3. The lowest BCUT2D eigenvalue weighted by Gasteiger charge is -2.42. The molecule has 6 rings (SSSR count). The van der Waals surface area contributed by atoms with Crippen LogP contribution in [0.1, 0.15) is 78.4 Å². The van der Waals surface area contributed by atoms with Gasteiger partial charge in [0.25, 0.3) is 11.8 Å². The van der Waals surface area contributed by atoms with Crippen molar-refractivity contribution in [3.63, 3.8) is 0 Å². The minimum Gasteiger partial charge on any atom is -0.451 e. The topological polar surface area (TPSA) is 161 Å². The first-order chi connectivity index (χ1) is 24.8. The molecule has 2 bridgehead atoms. The van der Waals surface area contributed by atoms with E-state index < -0.39 is 70.8 Å². The number of benzene rings is 1. The van der Waals surface area contributed by atoms with E-state index in [1.54, 1.807) is 4.90 Å². The maximum atomic E-state index is 14.4. The van der Waals surface area contributed by atoms with E-state index >= 15 is 0 Å². The fraction of sp³-hybridized carbons (Fsp3) is 0.529. The van der Waals surface area contributed by atoms with E-state index in [2.05, 4.69) is 10.5 Å². The highest BCUT2D eigenvalue weighted by Crippen LogP contribution is 2.46. The summed E-state index contributed by atoms with van der Waals surface area (Å²) in [6, 6.07) is 1.38. The largest absolute Gasteiger partial charge is 0.451 e. The number of likely N-dealkylation sites (N-methyl/N-ethyl adjacent to an activating group) is 1. The van der Waals surface area contributed by atoms with Gasteiger partial charge < -0.3 is 43.6 Å². The first-order valence-electron chi connectivity index (χ1n) is 16.9. The summed E-state index contributed by atoms with van der Waals surface area (Å²) in [6.45, 7) is 3.27. The lowest BCUT2D eigenvalue weighted by molar-refractivity contribution is -0.0657. The van der Waals surface area contributed by atoms with Gasteiger partial charge in [-0.3, -0.25) is 14.4 Å². The Bertz CT molecular complexity index is 1860. The summed E-state index contributed by atoms with van der Waals surface area (Å²) in [7, 11) is 1.46. The summed E-state index contributed by atoms with van der Waals surface area (Å²) in [4.78, 5) is 77.4. The van der Waals surface area contributed by atoms with Crippen molar-refractivity contribution in [1.29, 1.82) is 0 Å². The molecule has 4 aliphatic rings. The maximum Gasteiger partial charge on any atom is 0.412 e. The third-order valence-electron chi connectivity index (χ3n) is 10.1. The van der Waals surface area contributed by atoms with Gasteiger partial charge in [0.05, 0.1) is 17.8 Å². The van der Waals surface area contributed by atoms with Gasteiger partial charge in [-0.2, -0.15) is 0 Å². The van der Waals surface area contributed by atoms with E-state index in [1.165, 1.54) is 33.7 Å². The van der Waals surface area contributed by atoms with Gasteiger partial charge in [0, 0.05) is 63.5 Å². The maximum absolute atomic E-state index is 14.4. The zero-order valence-electron chi connectivity index (χ0n) is 28.9. The van der Waals surface area contributed by atoms with Crippen molar-refractivity contribution in [1.82, 2.24) is 24.6 Å². The Hall–Kier alpha value is -4.93. The van der Waals surface area contributed by atoms with Gasteiger partial charge in [0.1, 0.15) is 17.2 Å². The number of nitrogens with zero attached hydrogens (tertiary/aromatic N) is 5. The third-order valence-corrected chi connectivity index (χ3v) is 10.2.